The molecule has 1 aliphatic carbocycles. The van der Waals surface area contributed by atoms with Gasteiger partial charge in [-0.15, -0.1) is 0 Å². The quantitative estimate of drug-likeness (QED) is 0.374. The third kappa shape index (κ3) is 3.30. The Morgan fingerprint density at radius 2 is 1.61 bits per heavy atom. The standard InChI is InChI=1S/C26H24N2O3/c29-24(21-12-6-8-17-7-4-5-11-20(17)21)22-23(18-13-15-27-16-14-18)28(26(31)25(22)30)19-9-2-1-3-10-19/h4-8,11-16,19,23,29H,1-3,9-10H2/b24-22-. The van der Waals surface area contributed by atoms with Gasteiger partial charge in [-0.25, -0.2) is 0 Å². The summed E-state index contributed by atoms with van der Waals surface area (Å²) >= 11 is 0. The molecular weight excluding hydrogens is 388 g/mol. The number of benzene rings is 2. The number of aromatic nitrogens is 1. The van der Waals surface area contributed by atoms with Crippen molar-refractivity contribution in [3.05, 3.63) is 83.7 Å². The highest BCUT2D eigenvalue weighted by molar-refractivity contribution is 6.46. The van der Waals surface area contributed by atoms with Crippen LogP contribution in [0.1, 0.15) is 49.3 Å². The maximum Gasteiger partial charge on any atom is 0.295 e. The Kier molecular flexibility index (Phi) is 5.02. The van der Waals surface area contributed by atoms with Crippen molar-refractivity contribution in [2.75, 3.05) is 0 Å². The number of carbonyl (C=O) groups is 2. The molecule has 156 valence electrons. The Morgan fingerprint density at radius 3 is 2.39 bits per heavy atom. The molecule has 1 N–H and O–H groups in total. The first-order valence-electron chi connectivity index (χ1n) is 10.8. The van der Waals surface area contributed by atoms with Gasteiger partial charge in [-0.3, -0.25) is 14.6 Å². The van der Waals surface area contributed by atoms with Crippen LogP contribution in [0.3, 0.4) is 0 Å². The Labute approximate surface area is 181 Å². The molecule has 2 heterocycles. The summed E-state index contributed by atoms with van der Waals surface area (Å²) in [6.45, 7) is 0. The van der Waals surface area contributed by atoms with Crippen molar-refractivity contribution < 1.29 is 14.7 Å². The number of nitrogens with zero attached hydrogens (tertiary/aromatic N) is 2. The zero-order chi connectivity index (χ0) is 21.4. The topological polar surface area (TPSA) is 70.5 Å². The number of carbonyl (C=O) groups excluding carboxylic acids is 2. The monoisotopic (exact) mass is 412 g/mol. The Bertz CT molecular complexity index is 1170. The molecule has 2 aromatic carbocycles. The Morgan fingerprint density at radius 1 is 0.903 bits per heavy atom. The number of rotatable bonds is 3. The second-order valence-corrected chi connectivity index (χ2v) is 8.31. The molecule has 0 radical (unpaired) electrons. The van der Waals surface area contributed by atoms with E-state index < -0.39 is 17.7 Å². The van der Waals surface area contributed by atoms with Gasteiger partial charge in [-0.05, 0) is 41.3 Å². The van der Waals surface area contributed by atoms with Crippen molar-refractivity contribution in [2.24, 2.45) is 0 Å². The number of amides is 1. The zero-order valence-electron chi connectivity index (χ0n) is 17.2. The van der Waals surface area contributed by atoms with Crippen molar-refractivity contribution in [2.45, 2.75) is 44.2 Å². The molecule has 1 aliphatic heterocycles. The molecule has 5 rings (SSSR count). The number of hydrogen-bond donors (Lipinski definition) is 1. The lowest BCUT2D eigenvalue weighted by atomic mass is 9.90. The minimum absolute atomic E-state index is 0.00110. The largest absolute Gasteiger partial charge is 0.507 e. The smallest absolute Gasteiger partial charge is 0.295 e. The van der Waals surface area contributed by atoms with E-state index in [-0.39, 0.29) is 17.4 Å². The minimum atomic E-state index is -0.613. The molecule has 2 aliphatic rings. The summed E-state index contributed by atoms with van der Waals surface area (Å²) in [5.41, 5.74) is 1.53. The average Bonchev–Trinajstić information content (AvgIpc) is 3.10. The number of hydrogen-bond acceptors (Lipinski definition) is 4. The van der Waals surface area contributed by atoms with E-state index in [0.717, 1.165) is 48.4 Å². The van der Waals surface area contributed by atoms with Crippen molar-refractivity contribution in [1.82, 2.24) is 9.88 Å². The van der Waals surface area contributed by atoms with Crippen LogP contribution in [0, 0.1) is 0 Å². The fraction of sp³-hybridized carbons (Fsp3) is 0.269. The van der Waals surface area contributed by atoms with E-state index >= 15 is 0 Å². The van der Waals surface area contributed by atoms with E-state index in [0.29, 0.717) is 5.56 Å². The van der Waals surface area contributed by atoms with Crippen LogP contribution in [0.15, 0.2) is 72.6 Å². The Hall–Kier alpha value is -3.47. The lowest BCUT2D eigenvalue weighted by molar-refractivity contribution is -0.141. The van der Waals surface area contributed by atoms with Gasteiger partial charge in [0.25, 0.3) is 11.7 Å². The number of Topliss-reactive ketones (excluding diaryl/α,β-unsaturated/α-hetero) is 1. The molecule has 1 saturated heterocycles. The van der Waals surface area contributed by atoms with Gasteiger partial charge in [0.1, 0.15) is 5.76 Å². The average molecular weight is 412 g/mol. The summed E-state index contributed by atoms with van der Waals surface area (Å²) in [5.74, 6) is -1.25. The molecule has 5 nitrogen and oxygen atoms in total. The maximum atomic E-state index is 13.3. The number of likely N-dealkylation sites (tertiary alicyclic amines) is 1. The van der Waals surface area contributed by atoms with Crippen LogP contribution < -0.4 is 0 Å². The molecule has 1 unspecified atom stereocenters. The normalized spacial score (nSPS) is 21.7. The summed E-state index contributed by atoms with van der Waals surface area (Å²) in [6, 6.07) is 16.4. The van der Waals surface area contributed by atoms with Gasteiger partial charge >= 0.3 is 0 Å². The van der Waals surface area contributed by atoms with Gasteiger partial charge in [0.2, 0.25) is 0 Å². The lowest BCUT2D eigenvalue weighted by Crippen LogP contribution is -2.40. The predicted octanol–water partition coefficient (Wildman–Crippen LogP) is 4.99. The SMILES string of the molecule is O=C1C(=O)N(C2CCCCC2)C(c2ccncc2)/C1=C(/O)c1cccc2ccccc12. The second-order valence-electron chi connectivity index (χ2n) is 8.31. The fourth-order valence-corrected chi connectivity index (χ4v) is 5.04. The predicted molar refractivity (Wildman–Crippen MR) is 119 cm³/mol. The number of aliphatic hydroxyl groups is 1. The van der Waals surface area contributed by atoms with E-state index in [9.17, 15) is 14.7 Å². The summed E-state index contributed by atoms with van der Waals surface area (Å²) in [6.07, 6.45) is 8.31. The molecule has 1 aromatic heterocycles. The van der Waals surface area contributed by atoms with Crippen LogP contribution in [0.2, 0.25) is 0 Å². The van der Waals surface area contributed by atoms with Gasteiger partial charge in [-0.1, -0.05) is 61.7 Å². The highest BCUT2D eigenvalue weighted by Gasteiger charge is 2.48. The fourth-order valence-electron chi connectivity index (χ4n) is 5.04. The Balaban J connectivity index is 1.71. The number of pyridine rings is 1. The third-order valence-corrected chi connectivity index (χ3v) is 6.51. The van der Waals surface area contributed by atoms with Gasteiger partial charge in [-0.2, -0.15) is 0 Å². The highest BCUT2D eigenvalue weighted by atomic mass is 16.3. The van der Waals surface area contributed by atoms with Crippen LogP contribution in [0.5, 0.6) is 0 Å². The molecule has 5 heteroatoms. The first kappa shape index (κ1) is 19.5. The molecule has 31 heavy (non-hydrogen) atoms. The number of fused-ring (bicyclic) bond motifs is 1. The van der Waals surface area contributed by atoms with Crippen LogP contribution in [0.4, 0.5) is 0 Å². The summed E-state index contributed by atoms with van der Waals surface area (Å²) in [7, 11) is 0. The third-order valence-electron chi connectivity index (χ3n) is 6.51. The number of ketones is 1. The lowest BCUT2D eigenvalue weighted by Gasteiger charge is -2.35. The summed E-state index contributed by atoms with van der Waals surface area (Å²) in [5, 5.41) is 13.2. The van der Waals surface area contributed by atoms with E-state index in [4.69, 9.17) is 0 Å². The van der Waals surface area contributed by atoms with Crippen molar-refractivity contribution in [3.8, 4) is 0 Å². The molecule has 3 aromatic rings. The minimum Gasteiger partial charge on any atom is -0.507 e. The van der Waals surface area contributed by atoms with Gasteiger partial charge in [0.15, 0.2) is 0 Å². The van der Waals surface area contributed by atoms with Gasteiger partial charge in [0, 0.05) is 24.0 Å². The molecule has 0 bridgehead atoms. The van der Waals surface area contributed by atoms with Crippen molar-refractivity contribution in [3.63, 3.8) is 0 Å². The maximum absolute atomic E-state index is 13.3. The first-order valence-corrected chi connectivity index (χ1v) is 10.8. The molecule has 1 saturated carbocycles. The van der Waals surface area contributed by atoms with Gasteiger partial charge < -0.3 is 10.0 Å². The summed E-state index contributed by atoms with van der Waals surface area (Å²) < 4.78 is 0. The van der Waals surface area contributed by atoms with E-state index in [1.54, 1.807) is 23.4 Å². The van der Waals surface area contributed by atoms with Crippen LogP contribution in [-0.2, 0) is 9.59 Å². The molecule has 2 fully saturated rings. The second kappa shape index (κ2) is 7.99. The molecule has 1 amide bonds. The van der Waals surface area contributed by atoms with E-state index in [1.165, 1.54) is 0 Å². The van der Waals surface area contributed by atoms with Crippen LogP contribution in [0.25, 0.3) is 16.5 Å². The first-order chi connectivity index (χ1) is 15.2. The van der Waals surface area contributed by atoms with Crippen molar-refractivity contribution >= 4 is 28.2 Å². The van der Waals surface area contributed by atoms with Crippen LogP contribution in [-0.4, -0.2) is 32.7 Å². The number of aliphatic hydroxyl groups excluding tert-OH is 1. The van der Waals surface area contributed by atoms with Crippen LogP contribution >= 0.6 is 0 Å². The van der Waals surface area contributed by atoms with Gasteiger partial charge in [0.05, 0.1) is 11.6 Å². The summed E-state index contributed by atoms with van der Waals surface area (Å²) in [4.78, 5) is 32.3. The zero-order valence-corrected chi connectivity index (χ0v) is 17.2. The van der Waals surface area contributed by atoms with E-state index in [1.807, 2.05) is 48.5 Å². The molecular formula is C26H24N2O3. The van der Waals surface area contributed by atoms with E-state index in [2.05, 4.69) is 4.98 Å². The molecule has 0 spiro atoms. The van der Waals surface area contributed by atoms with Crippen molar-refractivity contribution in [1.29, 1.82) is 0 Å². The highest BCUT2D eigenvalue weighted by Crippen LogP contribution is 2.43. The molecule has 1 atom stereocenters.